The van der Waals surface area contributed by atoms with Gasteiger partial charge in [-0.05, 0) is 224 Å². The molecule has 24 rings (SSSR count). The second-order valence-corrected chi connectivity index (χ2v) is 49.7. The molecule has 18 aliphatic rings. The van der Waals surface area contributed by atoms with Gasteiger partial charge >= 0.3 is 35.3 Å². The molecule has 6 aromatic heterocycles. The maximum Gasteiger partial charge on any atom is 0.471 e. The molecule has 3 unspecified atom stereocenters. The average molecular weight is 1940 g/mol. The summed E-state index contributed by atoms with van der Waals surface area (Å²) >= 11 is 0. The number of allylic oxidation sites excluding steroid dienone is 4. The summed E-state index contributed by atoms with van der Waals surface area (Å²) in [5, 5.41) is 69.8. The predicted molar refractivity (Wildman–Crippen MR) is 544 cm³/mol. The van der Waals surface area contributed by atoms with Crippen LogP contribution < -0.4 is 51.5 Å². The zero-order valence-electron chi connectivity index (χ0n) is 80.3. The second-order valence-electron chi connectivity index (χ2n) is 41.9. The molecule has 0 spiro atoms. The van der Waals surface area contributed by atoms with E-state index < -0.39 is 68.3 Å². The third kappa shape index (κ3) is 19.7. The molecule has 1 saturated heterocycles. The van der Waals surface area contributed by atoms with Crippen molar-refractivity contribution in [2.24, 2.45) is 96.0 Å². The minimum atomic E-state index is -3.21. The van der Waals surface area contributed by atoms with E-state index in [1.807, 2.05) is 26.1 Å². The number of hydrogen-bond donors (Lipinski definition) is 10. The zero-order valence-corrected chi connectivity index (χ0v) is 83.5. The molecule has 4 bridgehead atoms. The molecule has 6 aromatic rings. The summed E-state index contributed by atoms with van der Waals surface area (Å²) in [5.74, 6) is 5.45. The van der Waals surface area contributed by atoms with Gasteiger partial charge in [0.2, 0.25) is 40.1 Å². The Bertz CT molecular complexity index is 6430. The van der Waals surface area contributed by atoms with Gasteiger partial charge < -0.3 is 54.8 Å². The maximum absolute atomic E-state index is 12.0. The Kier molecular flexibility index (Phi) is 27.7. The van der Waals surface area contributed by atoms with Crippen LogP contribution >= 0.6 is 0 Å². The van der Waals surface area contributed by atoms with Crippen LogP contribution in [0.25, 0.3) is 35.3 Å². The number of hydrogen-bond acceptors (Lipinski definition) is 28. The first kappa shape index (κ1) is 97.2. The SMILES string of the molecule is CC12CC3C[C@H](C1)C(C1=NN4CCC(C)(C)OB4c4cnc5c(c41)C=CC5)[C@@H](C3)C2.CCCS(=O)(=O)NC1CC(C2=NN(C)B(O)c3cnc4[nH]ccc4c32)C1.CCN1N=C(C2CCC(CS(=O)(=O)NC)CC2)c2c(cnc3c2C=CC3)B1O.CNS(=O)(=O)CC1CCC(C2=NN(C)B(O)c3cnc4c(c32)C=CC4)CC1.CNS(=O)(=O)CC1CCC(C2=NNB(O)c3cnc4c(c32)C=CC4)CC1. The molecule has 0 amide bonds. The third-order valence-electron chi connectivity index (χ3n) is 32.1. The van der Waals surface area contributed by atoms with Gasteiger partial charge in [0.1, 0.15) is 5.65 Å². The summed E-state index contributed by atoms with van der Waals surface area (Å²) < 4.78 is 112. The number of pyridine rings is 5. The number of H-pyrrole nitrogens is 1. The number of rotatable bonds is 19. The molecule has 0 radical (unpaired) electrons. The van der Waals surface area contributed by atoms with Gasteiger partial charge in [0.25, 0.3) is 0 Å². The number of hydrazone groups is 5. The fraction of sp³-hybridized carbons (Fsp3) is 0.579. The molecule has 5 atom stereocenters. The Morgan fingerprint density at radius 3 is 1.39 bits per heavy atom. The van der Waals surface area contributed by atoms with Crippen LogP contribution in [0.3, 0.4) is 0 Å². The van der Waals surface area contributed by atoms with Crippen LogP contribution in [0.15, 0.2) is 93.1 Å². The van der Waals surface area contributed by atoms with E-state index in [1.165, 1.54) is 86.2 Å². The highest BCUT2D eigenvalue weighted by Gasteiger charge is 2.58. The van der Waals surface area contributed by atoms with Crippen LogP contribution in [-0.2, 0) is 70.4 Å². The predicted octanol–water partition coefficient (Wildman–Crippen LogP) is 5.11. The van der Waals surface area contributed by atoms with Gasteiger partial charge in [0.15, 0.2) is 0 Å². The van der Waals surface area contributed by atoms with E-state index in [0.717, 1.165) is 245 Å². The van der Waals surface area contributed by atoms with Crippen molar-refractivity contribution in [3.8, 4) is 0 Å². The first-order valence-corrected chi connectivity index (χ1v) is 56.2. The van der Waals surface area contributed by atoms with Gasteiger partial charge in [-0.25, -0.2) is 57.5 Å². The number of nitrogens with one attached hydrogen (secondary N) is 6. The Morgan fingerprint density at radius 1 is 0.489 bits per heavy atom. The number of sulfonamides is 4. The Morgan fingerprint density at radius 2 is 0.920 bits per heavy atom. The van der Waals surface area contributed by atoms with Crippen molar-refractivity contribution in [2.45, 2.75) is 207 Å². The molecule has 10 N–H and O–H groups in total. The summed E-state index contributed by atoms with van der Waals surface area (Å²) in [6.07, 6.45) is 52.3. The normalized spacial score (nSPS) is 27.5. The smallest absolute Gasteiger partial charge is 0.428 e. The van der Waals surface area contributed by atoms with Crippen LogP contribution in [0, 0.1) is 70.5 Å². The van der Waals surface area contributed by atoms with E-state index in [0.29, 0.717) is 37.1 Å². The van der Waals surface area contributed by atoms with E-state index >= 15 is 0 Å². The van der Waals surface area contributed by atoms with Crippen molar-refractivity contribution < 1.29 is 58.4 Å². The molecule has 8 saturated carbocycles. The lowest BCUT2D eigenvalue weighted by Gasteiger charge is -2.60. The Labute approximate surface area is 807 Å². The summed E-state index contributed by atoms with van der Waals surface area (Å²) in [6, 6.07) is 1.89. The first-order valence-electron chi connectivity index (χ1n) is 49.6. The number of aromatic amines is 1. The van der Waals surface area contributed by atoms with Crippen molar-refractivity contribution in [1.82, 2.24) is 73.8 Å². The van der Waals surface area contributed by atoms with Crippen LogP contribution in [0.1, 0.15) is 242 Å². The molecule has 12 aliphatic carbocycles. The van der Waals surface area contributed by atoms with Crippen LogP contribution in [0.4, 0.5) is 0 Å². The number of nitrogens with zero attached hydrogens (tertiary/aromatic N) is 14. The van der Waals surface area contributed by atoms with Gasteiger partial charge in [0, 0.05) is 214 Å². The summed E-state index contributed by atoms with van der Waals surface area (Å²) in [6.45, 7) is 12.4. The molecule has 12 heterocycles. The maximum atomic E-state index is 12.0. The quantitative estimate of drug-likeness (QED) is 0.0471. The number of aromatic nitrogens is 6. The molecular formula is C95H129B5N20O13S4. The van der Waals surface area contributed by atoms with Crippen LogP contribution in [0.5, 0.6) is 0 Å². The van der Waals surface area contributed by atoms with E-state index in [4.69, 9.17) is 24.9 Å². The minimum absolute atomic E-state index is 0.0524. The van der Waals surface area contributed by atoms with Crippen molar-refractivity contribution in [1.29, 1.82) is 0 Å². The van der Waals surface area contributed by atoms with Crippen molar-refractivity contribution in [3.05, 3.63) is 140 Å². The molecule has 726 valence electrons. The Hall–Kier alpha value is -8.64. The standard InChI is InChI=1S/C25H32BN3O.C19H27BN4O3S.C18H25BN4O3S.C17H23BN4O3S.C16H22BN5O3S/c1-24(2)7-8-29-26(30-24)19-14-27-20-6-4-5-18(20)22(19)23(28-29)21-16-9-15-10-17(21)13-25(3,11-15)12-16;1-3-24-20(25)16-11-22-17-6-4-5-15(17)18(16)19(23-24)14-9-7-13(8-10-14)12-28(26,27)21-2;1-20-27(25,26)11-12-6-8-13(9-7-12)18-17-14-4-3-5-16(14)21-10-15(17)19(24)23(2)22-18;1-19-26(24,25)10-11-5-7-12(8-6-11)17-16-13-3-2-4-15(13)20-9-14(16)18(23)22-21-17;1-3-6-26(24,25)21-11-7-10(8-11)15-14-12-4-5-18-16(12)19-9-13(14)17(23)22(2)20-15/h4-5,14-17,21H,6-13H2,1-3H3;4-5,11,13-14,21,25H,3,6-10,12H2,1-2H3;3-4,10,12-13,20,24H,5-9,11H2,1-2H3;2-3,9,11-12,19,22-23H,4-8,10H2,1H3;4-5,9-11,21,23H,3,6-8H2,1-2H3,(H,18,19)/t15?,16-,17+,21?,25?;;;;. The highest BCUT2D eigenvalue weighted by Crippen LogP contribution is 2.63. The van der Waals surface area contributed by atoms with E-state index in [-0.39, 0.29) is 83.1 Å². The lowest BCUT2D eigenvalue weighted by atomic mass is 9.45. The molecule has 42 heteroatoms. The largest absolute Gasteiger partial charge is 0.471 e. The molecule has 6 aliphatic heterocycles. The zero-order chi connectivity index (χ0) is 96.1. The van der Waals surface area contributed by atoms with Crippen molar-refractivity contribution in [3.63, 3.8) is 0 Å². The third-order valence-corrected chi connectivity index (χ3v) is 38.3. The molecule has 9 fully saturated rings. The summed E-state index contributed by atoms with van der Waals surface area (Å²) in [5.41, 5.74) is 25.2. The van der Waals surface area contributed by atoms with E-state index in [1.54, 1.807) is 48.7 Å². The number of fused-ring (bicyclic) bond motifs is 17. The van der Waals surface area contributed by atoms with Crippen LogP contribution in [-0.4, -0.2) is 250 Å². The monoisotopic (exact) mass is 1940 g/mol. The van der Waals surface area contributed by atoms with Crippen molar-refractivity contribution >= 4 is 167 Å². The highest BCUT2D eigenvalue weighted by molar-refractivity contribution is 7.90. The fourth-order valence-electron chi connectivity index (χ4n) is 25.3. The second kappa shape index (κ2) is 39.0. The van der Waals surface area contributed by atoms with Gasteiger partial charge in [0.05, 0.1) is 74.3 Å². The Balaban J connectivity index is 0.000000110. The van der Waals surface area contributed by atoms with Gasteiger partial charge in [-0.3, -0.25) is 19.9 Å². The molecule has 137 heavy (non-hydrogen) atoms. The fourth-order valence-corrected chi connectivity index (χ4v) is 30.1. The van der Waals surface area contributed by atoms with Gasteiger partial charge in [-0.1, -0.05) is 62.5 Å². The topological polar surface area (TPSA) is 442 Å². The lowest BCUT2D eigenvalue weighted by Crippen LogP contribution is -2.62. The van der Waals surface area contributed by atoms with E-state index in [9.17, 15) is 53.8 Å². The highest BCUT2D eigenvalue weighted by atomic mass is 32.2. The van der Waals surface area contributed by atoms with E-state index in [2.05, 4.69) is 140 Å². The first-order chi connectivity index (χ1) is 65.6. The summed E-state index contributed by atoms with van der Waals surface area (Å²) in [4.78, 5) is 33.0. The molecular weight excluding hydrogens is 1810 g/mol. The van der Waals surface area contributed by atoms with Gasteiger partial charge in [-0.2, -0.15) is 25.5 Å². The lowest BCUT2D eigenvalue weighted by molar-refractivity contribution is -0.0640. The van der Waals surface area contributed by atoms with Crippen LogP contribution in [0.2, 0.25) is 0 Å². The molecule has 0 aromatic carbocycles. The average Bonchev–Trinajstić information content (AvgIpc) is 1.53. The van der Waals surface area contributed by atoms with Gasteiger partial charge in [-0.15, -0.1) is 0 Å². The minimum Gasteiger partial charge on any atom is -0.428 e. The molecule has 33 nitrogen and oxygen atoms in total. The van der Waals surface area contributed by atoms with Crippen molar-refractivity contribution in [2.75, 3.05) is 71.3 Å². The summed E-state index contributed by atoms with van der Waals surface area (Å²) in [7, 11) is -8.12.